The molecule has 3 N–H and O–H groups in total. The number of aromatic nitrogens is 2. The van der Waals surface area contributed by atoms with Crippen LogP contribution in [0.4, 0.5) is 17.3 Å². The average Bonchev–Trinajstić information content (AvgIpc) is 3.13. The van der Waals surface area contributed by atoms with Crippen LogP contribution < -0.4 is 10.6 Å². The molecule has 7 nitrogen and oxygen atoms in total. The number of aliphatic hydroxyl groups is 1. The molecule has 2 aromatic carbocycles. The zero-order valence-electron chi connectivity index (χ0n) is 18.5. The van der Waals surface area contributed by atoms with Gasteiger partial charge in [-0.1, -0.05) is 13.0 Å². The zero-order chi connectivity index (χ0) is 23.1. The first-order valence-corrected chi connectivity index (χ1v) is 10.3. The number of fused-ring (bicyclic) bond motifs is 1. The topological polar surface area (TPSA) is 118 Å². The molecule has 0 aliphatic carbocycles. The predicted molar refractivity (Wildman–Crippen MR) is 123 cm³/mol. The minimum atomic E-state index is -0.988. The van der Waals surface area contributed by atoms with Gasteiger partial charge in [0.05, 0.1) is 34.2 Å². The fourth-order valence-electron chi connectivity index (χ4n) is 3.94. The Hall–Kier alpha value is -3.94. The van der Waals surface area contributed by atoms with Crippen molar-refractivity contribution < 1.29 is 5.11 Å². The first-order chi connectivity index (χ1) is 15.2. The van der Waals surface area contributed by atoms with E-state index in [-0.39, 0.29) is 0 Å². The lowest BCUT2D eigenvalue weighted by molar-refractivity contribution is 0.0102. The first-order valence-electron chi connectivity index (χ1n) is 10.3. The van der Waals surface area contributed by atoms with Crippen LogP contribution in [0.5, 0.6) is 0 Å². The van der Waals surface area contributed by atoms with E-state index in [0.717, 1.165) is 28.1 Å². The van der Waals surface area contributed by atoms with Crippen LogP contribution in [0, 0.1) is 29.6 Å². The molecule has 0 unspecified atom stereocenters. The van der Waals surface area contributed by atoms with Gasteiger partial charge in [-0.15, -0.1) is 0 Å². The monoisotopic (exact) mass is 424 g/mol. The highest BCUT2D eigenvalue weighted by molar-refractivity contribution is 5.77. The van der Waals surface area contributed by atoms with Gasteiger partial charge in [0.2, 0.25) is 5.95 Å². The Morgan fingerprint density at radius 3 is 2.62 bits per heavy atom. The number of hydrogen-bond acceptors (Lipinski definition) is 7. The van der Waals surface area contributed by atoms with Crippen molar-refractivity contribution in [1.82, 2.24) is 9.97 Å². The maximum Gasteiger partial charge on any atom is 0.227 e. The molecule has 0 radical (unpaired) electrons. The minimum absolute atomic E-state index is 0.392. The van der Waals surface area contributed by atoms with Crippen LogP contribution in [0.1, 0.15) is 43.0 Å². The second-order valence-electron chi connectivity index (χ2n) is 8.83. The van der Waals surface area contributed by atoms with Crippen molar-refractivity contribution in [2.45, 2.75) is 38.7 Å². The molecule has 3 aromatic rings. The standard InChI is InChI=1S/C25H24N6O/c1-15-5-6-16(12-26)9-21(15)31-23-28-8-7-20(30-23)17-10-18(13-27)22-19(11-17)25(4,14-29-22)24(2,3)32/h5-11,29,32H,14H2,1-4H3,(H,28,30,31)/t25-/m0/s1. The van der Waals surface area contributed by atoms with Crippen LogP contribution in [-0.4, -0.2) is 27.2 Å². The van der Waals surface area contributed by atoms with E-state index in [4.69, 9.17) is 0 Å². The Balaban J connectivity index is 1.77. The normalized spacial score (nSPS) is 17.1. The predicted octanol–water partition coefficient (Wildman–Crippen LogP) is 4.39. The van der Waals surface area contributed by atoms with Crippen molar-refractivity contribution >= 4 is 17.3 Å². The number of nitrogens with zero attached hydrogens (tertiary/aromatic N) is 4. The third-order valence-corrected chi connectivity index (χ3v) is 6.39. The molecule has 160 valence electrons. The number of hydrogen-bond donors (Lipinski definition) is 3. The van der Waals surface area contributed by atoms with E-state index in [0.29, 0.717) is 29.3 Å². The van der Waals surface area contributed by atoms with Crippen LogP contribution in [0.3, 0.4) is 0 Å². The molecule has 32 heavy (non-hydrogen) atoms. The summed E-state index contributed by atoms with van der Waals surface area (Å²) >= 11 is 0. The Morgan fingerprint density at radius 2 is 1.94 bits per heavy atom. The summed E-state index contributed by atoms with van der Waals surface area (Å²) in [5.41, 5.74) is 4.31. The second kappa shape index (κ2) is 7.64. The molecule has 0 bridgehead atoms. The van der Waals surface area contributed by atoms with Gasteiger partial charge < -0.3 is 15.7 Å². The fourth-order valence-corrected chi connectivity index (χ4v) is 3.94. The highest BCUT2D eigenvalue weighted by Gasteiger charge is 2.46. The van der Waals surface area contributed by atoms with E-state index in [1.54, 1.807) is 44.3 Å². The number of nitrogens with one attached hydrogen (secondary N) is 2. The van der Waals surface area contributed by atoms with Gasteiger partial charge in [-0.05, 0) is 62.2 Å². The molecular weight excluding hydrogens is 400 g/mol. The van der Waals surface area contributed by atoms with Gasteiger partial charge in [-0.2, -0.15) is 10.5 Å². The van der Waals surface area contributed by atoms with E-state index in [9.17, 15) is 15.6 Å². The quantitative estimate of drug-likeness (QED) is 0.568. The third-order valence-electron chi connectivity index (χ3n) is 6.39. The summed E-state index contributed by atoms with van der Waals surface area (Å²) in [6, 6.07) is 15.4. The molecule has 1 aromatic heterocycles. The summed E-state index contributed by atoms with van der Waals surface area (Å²) in [5, 5.41) is 36.3. The molecule has 0 amide bonds. The van der Waals surface area contributed by atoms with Gasteiger partial charge in [-0.25, -0.2) is 9.97 Å². The van der Waals surface area contributed by atoms with Crippen molar-refractivity contribution in [3.05, 3.63) is 64.8 Å². The zero-order valence-corrected chi connectivity index (χ0v) is 18.5. The van der Waals surface area contributed by atoms with Gasteiger partial charge in [0.25, 0.3) is 0 Å². The van der Waals surface area contributed by atoms with E-state index in [1.807, 2.05) is 26.0 Å². The van der Waals surface area contributed by atoms with Crippen LogP contribution in [0.25, 0.3) is 11.3 Å². The van der Waals surface area contributed by atoms with Crippen LogP contribution in [-0.2, 0) is 5.41 Å². The molecule has 1 aliphatic rings. The molecule has 7 heteroatoms. The highest BCUT2D eigenvalue weighted by atomic mass is 16.3. The molecule has 2 heterocycles. The van der Waals surface area contributed by atoms with Gasteiger partial charge in [0.15, 0.2) is 0 Å². The number of aryl methyl sites for hydroxylation is 1. The van der Waals surface area contributed by atoms with Gasteiger partial charge >= 0.3 is 0 Å². The summed E-state index contributed by atoms with van der Waals surface area (Å²) < 4.78 is 0. The van der Waals surface area contributed by atoms with Crippen molar-refractivity contribution in [2.75, 3.05) is 17.2 Å². The number of nitriles is 2. The van der Waals surface area contributed by atoms with Gasteiger partial charge in [-0.3, -0.25) is 0 Å². The Bertz CT molecular complexity index is 1300. The van der Waals surface area contributed by atoms with E-state index < -0.39 is 11.0 Å². The number of anilines is 3. The van der Waals surface area contributed by atoms with E-state index >= 15 is 0 Å². The lowest BCUT2D eigenvalue weighted by Gasteiger charge is -2.37. The second-order valence-corrected chi connectivity index (χ2v) is 8.83. The van der Waals surface area contributed by atoms with Crippen LogP contribution in [0.15, 0.2) is 42.6 Å². The van der Waals surface area contributed by atoms with E-state index in [2.05, 4.69) is 32.7 Å². The molecule has 4 rings (SSSR count). The highest BCUT2D eigenvalue weighted by Crippen LogP contribution is 2.46. The summed E-state index contributed by atoms with van der Waals surface area (Å²) in [6.07, 6.45) is 1.65. The molecule has 1 aliphatic heterocycles. The van der Waals surface area contributed by atoms with Crippen molar-refractivity contribution in [3.63, 3.8) is 0 Å². The molecule has 0 saturated carbocycles. The maximum absolute atomic E-state index is 10.8. The maximum atomic E-state index is 10.8. The Labute approximate surface area is 187 Å². The smallest absolute Gasteiger partial charge is 0.227 e. The number of benzene rings is 2. The summed E-state index contributed by atoms with van der Waals surface area (Å²) in [6.45, 7) is 8.04. The van der Waals surface area contributed by atoms with Gasteiger partial charge in [0.1, 0.15) is 6.07 Å². The largest absolute Gasteiger partial charge is 0.389 e. The average molecular weight is 425 g/mol. The van der Waals surface area contributed by atoms with Crippen LogP contribution >= 0.6 is 0 Å². The SMILES string of the molecule is Cc1ccc(C#N)cc1Nc1nccc(-c2cc(C#N)c3c(c2)[C@@](C)(C(C)(C)O)CN3)n1. The third kappa shape index (κ3) is 3.53. The fraction of sp³-hybridized carbons (Fsp3) is 0.280. The Kier molecular flexibility index (Phi) is 5.08. The summed E-state index contributed by atoms with van der Waals surface area (Å²) in [5.74, 6) is 0.392. The molecule has 0 fully saturated rings. The van der Waals surface area contributed by atoms with Gasteiger partial charge in [0, 0.05) is 29.4 Å². The molecule has 1 atom stereocenters. The van der Waals surface area contributed by atoms with Crippen molar-refractivity contribution in [1.29, 1.82) is 10.5 Å². The van der Waals surface area contributed by atoms with E-state index in [1.165, 1.54) is 0 Å². The Morgan fingerprint density at radius 1 is 1.16 bits per heavy atom. The number of rotatable bonds is 4. The van der Waals surface area contributed by atoms with Crippen molar-refractivity contribution in [2.24, 2.45) is 0 Å². The first kappa shape index (κ1) is 21.3. The summed E-state index contributed by atoms with van der Waals surface area (Å²) in [7, 11) is 0. The van der Waals surface area contributed by atoms with Crippen LogP contribution in [0.2, 0.25) is 0 Å². The van der Waals surface area contributed by atoms with Crippen molar-refractivity contribution in [3.8, 4) is 23.4 Å². The molecular formula is C25H24N6O. The lowest BCUT2D eigenvalue weighted by Crippen LogP contribution is -2.46. The molecule has 0 saturated heterocycles. The lowest BCUT2D eigenvalue weighted by atomic mass is 9.71. The summed E-state index contributed by atoms with van der Waals surface area (Å²) in [4.78, 5) is 8.97. The molecule has 0 spiro atoms. The minimum Gasteiger partial charge on any atom is -0.389 e.